The number of halogens is 3. The van der Waals surface area contributed by atoms with Gasteiger partial charge in [-0.05, 0) is 23.8 Å². The van der Waals surface area contributed by atoms with Crippen LogP contribution in [0.4, 0.5) is 0 Å². The van der Waals surface area contributed by atoms with Gasteiger partial charge in [-0.25, -0.2) is 0 Å². The van der Waals surface area contributed by atoms with Crippen LogP contribution in [0.2, 0.25) is 15.1 Å². The number of pyridine rings is 1. The second-order valence-corrected chi connectivity index (χ2v) is 4.41. The number of H-pyrrole nitrogens is 1. The van der Waals surface area contributed by atoms with Crippen molar-refractivity contribution in [1.82, 2.24) is 4.98 Å². The fourth-order valence-corrected chi connectivity index (χ4v) is 2.06. The molecule has 2 rings (SSSR count). The van der Waals surface area contributed by atoms with Gasteiger partial charge in [0.2, 0.25) is 5.56 Å². The fraction of sp³-hybridized carbons (Fsp3) is 0. The predicted molar refractivity (Wildman–Crippen MR) is 67.5 cm³/mol. The molecule has 82 valence electrons. The quantitative estimate of drug-likeness (QED) is 0.783. The molecule has 0 saturated heterocycles. The topological polar surface area (TPSA) is 32.9 Å². The molecule has 0 saturated carbocycles. The van der Waals surface area contributed by atoms with Crippen LogP contribution in [0.5, 0.6) is 0 Å². The van der Waals surface area contributed by atoms with Gasteiger partial charge >= 0.3 is 0 Å². The molecule has 2 nitrogen and oxygen atoms in total. The number of aromatic nitrogens is 1. The molecular weight excluding hydrogens is 268 g/mol. The largest absolute Gasteiger partial charge is 0.328 e. The molecule has 1 aromatic carbocycles. The summed E-state index contributed by atoms with van der Waals surface area (Å²) in [6, 6.07) is 6.34. The van der Waals surface area contributed by atoms with Gasteiger partial charge in [0.25, 0.3) is 0 Å². The molecular formula is C11H6Cl3NO. The summed E-state index contributed by atoms with van der Waals surface area (Å²) in [6.45, 7) is 0. The monoisotopic (exact) mass is 273 g/mol. The van der Waals surface area contributed by atoms with Gasteiger partial charge in [0.1, 0.15) is 0 Å². The van der Waals surface area contributed by atoms with Crippen molar-refractivity contribution in [2.24, 2.45) is 0 Å². The maximum atomic E-state index is 10.9. The molecule has 0 radical (unpaired) electrons. The first kappa shape index (κ1) is 11.5. The number of nitrogens with one attached hydrogen (secondary N) is 1. The molecule has 0 aliphatic heterocycles. The van der Waals surface area contributed by atoms with E-state index in [1.165, 1.54) is 6.07 Å². The van der Waals surface area contributed by atoms with Crippen molar-refractivity contribution >= 4 is 34.8 Å². The van der Waals surface area contributed by atoms with Crippen LogP contribution in [-0.4, -0.2) is 4.98 Å². The molecule has 1 heterocycles. The Morgan fingerprint density at radius 3 is 2.44 bits per heavy atom. The van der Waals surface area contributed by atoms with Gasteiger partial charge in [0.15, 0.2) is 0 Å². The third-order valence-electron chi connectivity index (χ3n) is 2.09. The standard InChI is InChI=1S/C11H6Cl3NO/c12-7-3-8(11(14)9(13)4-7)6-1-2-10(16)15-5-6/h1-5H,(H,15,16). The Bertz CT molecular complexity index is 572. The van der Waals surface area contributed by atoms with Crippen LogP contribution < -0.4 is 5.56 Å². The van der Waals surface area contributed by atoms with Crippen LogP contribution in [0.15, 0.2) is 35.3 Å². The van der Waals surface area contributed by atoms with E-state index in [0.29, 0.717) is 20.6 Å². The van der Waals surface area contributed by atoms with Crippen molar-refractivity contribution in [3.63, 3.8) is 0 Å². The zero-order chi connectivity index (χ0) is 11.7. The Labute approximate surface area is 107 Å². The van der Waals surface area contributed by atoms with E-state index in [9.17, 15) is 4.79 Å². The summed E-state index contributed by atoms with van der Waals surface area (Å²) >= 11 is 17.9. The SMILES string of the molecule is O=c1ccc(-c2cc(Cl)cc(Cl)c2Cl)c[nH]1. The minimum atomic E-state index is -0.173. The summed E-state index contributed by atoms with van der Waals surface area (Å²) in [5.41, 5.74) is 1.28. The zero-order valence-electron chi connectivity index (χ0n) is 7.93. The van der Waals surface area contributed by atoms with Crippen molar-refractivity contribution < 1.29 is 0 Å². The van der Waals surface area contributed by atoms with Crippen LogP contribution in [-0.2, 0) is 0 Å². The third kappa shape index (κ3) is 2.24. The van der Waals surface area contributed by atoms with Crippen LogP contribution in [0.25, 0.3) is 11.1 Å². The zero-order valence-corrected chi connectivity index (χ0v) is 10.2. The summed E-state index contributed by atoms with van der Waals surface area (Å²) in [5, 5.41) is 1.30. The fourth-order valence-electron chi connectivity index (χ4n) is 1.34. The molecule has 0 aliphatic carbocycles. The van der Waals surface area contributed by atoms with Crippen LogP contribution in [0, 0.1) is 0 Å². The highest BCUT2D eigenvalue weighted by Gasteiger charge is 2.08. The highest BCUT2D eigenvalue weighted by Crippen LogP contribution is 2.35. The third-order valence-corrected chi connectivity index (χ3v) is 3.11. The highest BCUT2D eigenvalue weighted by molar-refractivity contribution is 6.45. The van der Waals surface area contributed by atoms with Gasteiger partial charge in [-0.1, -0.05) is 34.8 Å². The summed E-state index contributed by atoms with van der Waals surface area (Å²) < 4.78 is 0. The number of hydrogen-bond donors (Lipinski definition) is 1. The van der Waals surface area contributed by atoms with Crippen molar-refractivity contribution in [2.75, 3.05) is 0 Å². The molecule has 1 aromatic heterocycles. The van der Waals surface area contributed by atoms with E-state index < -0.39 is 0 Å². The second-order valence-electron chi connectivity index (χ2n) is 3.19. The van der Waals surface area contributed by atoms with E-state index in [2.05, 4.69) is 4.98 Å². The lowest BCUT2D eigenvalue weighted by Crippen LogP contribution is -2.01. The van der Waals surface area contributed by atoms with Crippen LogP contribution in [0.3, 0.4) is 0 Å². The van der Waals surface area contributed by atoms with Gasteiger partial charge in [-0.15, -0.1) is 0 Å². The van der Waals surface area contributed by atoms with E-state index >= 15 is 0 Å². The van der Waals surface area contributed by atoms with Crippen molar-refractivity contribution in [1.29, 1.82) is 0 Å². The van der Waals surface area contributed by atoms with Gasteiger partial charge in [0.05, 0.1) is 10.0 Å². The van der Waals surface area contributed by atoms with Crippen molar-refractivity contribution in [2.45, 2.75) is 0 Å². The first-order valence-corrected chi connectivity index (χ1v) is 5.55. The van der Waals surface area contributed by atoms with E-state index in [4.69, 9.17) is 34.8 Å². The lowest BCUT2D eigenvalue weighted by molar-refractivity contribution is 1.24. The maximum Gasteiger partial charge on any atom is 0.247 e. The van der Waals surface area contributed by atoms with E-state index in [0.717, 1.165) is 5.56 Å². The number of aromatic amines is 1. The first-order valence-electron chi connectivity index (χ1n) is 4.41. The Hall–Kier alpha value is -0.960. The van der Waals surface area contributed by atoms with Crippen molar-refractivity contribution in [3.8, 4) is 11.1 Å². The molecule has 0 unspecified atom stereocenters. The average Bonchev–Trinajstić information content (AvgIpc) is 2.25. The molecule has 0 bridgehead atoms. The molecule has 2 aromatic rings. The molecule has 0 atom stereocenters. The first-order chi connectivity index (χ1) is 7.58. The second kappa shape index (κ2) is 4.50. The summed E-state index contributed by atoms with van der Waals surface area (Å²) in [5.74, 6) is 0. The molecule has 16 heavy (non-hydrogen) atoms. The normalized spacial score (nSPS) is 10.4. The number of rotatable bonds is 1. The molecule has 0 spiro atoms. The highest BCUT2D eigenvalue weighted by atomic mass is 35.5. The number of benzene rings is 1. The minimum Gasteiger partial charge on any atom is -0.328 e. The maximum absolute atomic E-state index is 10.9. The van der Waals surface area contributed by atoms with Gasteiger partial charge < -0.3 is 4.98 Å². The summed E-state index contributed by atoms with van der Waals surface area (Å²) in [6.07, 6.45) is 1.57. The molecule has 0 fully saturated rings. The summed E-state index contributed by atoms with van der Waals surface area (Å²) in [7, 11) is 0. The molecule has 1 N–H and O–H groups in total. The minimum absolute atomic E-state index is 0.173. The van der Waals surface area contributed by atoms with Gasteiger partial charge in [-0.2, -0.15) is 0 Å². The Kier molecular flexibility index (Phi) is 3.24. The van der Waals surface area contributed by atoms with Gasteiger partial charge in [0, 0.05) is 22.8 Å². The molecule has 5 heteroatoms. The van der Waals surface area contributed by atoms with Crippen LogP contribution >= 0.6 is 34.8 Å². The Morgan fingerprint density at radius 1 is 1.06 bits per heavy atom. The van der Waals surface area contributed by atoms with Crippen LogP contribution in [0.1, 0.15) is 0 Å². The Balaban J connectivity index is 2.64. The summed E-state index contributed by atoms with van der Waals surface area (Å²) in [4.78, 5) is 13.5. The van der Waals surface area contributed by atoms with E-state index in [-0.39, 0.29) is 5.56 Å². The predicted octanol–water partition coefficient (Wildman–Crippen LogP) is 4.00. The lowest BCUT2D eigenvalue weighted by atomic mass is 10.1. The Morgan fingerprint density at radius 2 is 1.81 bits per heavy atom. The molecule has 0 aliphatic rings. The molecule has 0 amide bonds. The van der Waals surface area contributed by atoms with E-state index in [1.54, 1.807) is 24.4 Å². The van der Waals surface area contributed by atoms with E-state index in [1.807, 2.05) is 0 Å². The smallest absolute Gasteiger partial charge is 0.247 e. The number of hydrogen-bond acceptors (Lipinski definition) is 1. The van der Waals surface area contributed by atoms with Crippen molar-refractivity contribution in [3.05, 3.63) is 55.9 Å². The average molecular weight is 275 g/mol. The lowest BCUT2D eigenvalue weighted by Gasteiger charge is -2.06. The van der Waals surface area contributed by atoms with Gasteiger partial charge in [-0.3, -0.25) is 4.79 Å².